The van der Waals surface area contributed by atoms with Crippen molar-refractivity contribution in [2.45, 2.75) is 34.1 Å². The lowest BCUT2D eigenvalue weighted by molar-refractivity contribution is 1.10. The van der Waals surface area contributed by atoms with Crippen molar-refractivity contribution in [2.24, 2.45) is 0 Å². The van der Waals surface area contributed by atoms with E-state index in [9.17, 15) is 0 Å². The van der Waals surface area contributed by atoms with Crippen molar-refractivity contribution in [3.05, 3.63) is 51.8 Å². The zero-order chi connectivity index (χ0) is 12.2. The third-order valence-electron chi connectivity index (χ3n) is 3.91. The fraction of sp³-hybridized carbons (Fsp3) is 0.312. The van der Waals surface area contributed by atoms with Crippen molar-refractivity contribution in [1.29, 1.82) is 0 Å². The summed E-state index contributed by atoms with van der Waals surface area (Å²) in [5.74, 6) is 0. The van der Waals surface area contributed by atoms with Crippen LogP contribution in [0.4, 0.5) is 0 Å². The van der Waals surface area contributed by atoms with Crippen LogP contribution < -0.4 is 0 Å². The minimum atomic E-state index is 1.07. The highest BCUT2D eigenvalue weighted by Gasteiger charge is 2.23. The third kappa shape index (κ3) is 1.42. The van der Waals surface area contributed by atoms with Crippen LogP contribution in [0.5, 0.6) is 0 Å². The number of benzene rings is 1. The van der Waals surface area contributed by atoms with Gasteiger partial charge in [-0.15, -0.1) is 0 Å². The number of rotatable bonds is 0. The van der Waals surface area contributed by atoms with Gasteiger partial charge in [-0.2, -0.15) is 0 Å². The first kappa shape index (κ1) is 10.5. The third-order valence-corrected chi connectivity index (χ3v) is 3.91. The molecule has 0 aliphatic heterocycles. The second-order valence-electron chi connectivity index (χ2n) is 5.15. The lowest BCUT2D eigenvalue weighted by Gasteiger charge is -2.08. The molecule has 1 nitrogen and oxygen atoms in total. The Labute approximate surface area is 103 Å². The van der Waals surface area contributed by atoms with Gasteiger partial charge in [-0.1, -0.05) is 17.7 Å². The molecule has 0 saturated carbocycles. The minimum Gasteiger partial charge on any atom is -0.261 e. The summed E-state index contributed by atoms with van der Waals surface area (Å²) < 4.78 is 0. The quantitative estimate of drug-likeness (QED) is 0.563. The van der Waals surface area contributed by atoms with Gasteiger partial charge in [-0.3, -0.25) is 4.98 Å². The molecule has 1 aliphatic carbocycles. The first-order chi connectivity index (χ1) is 8.08. The van der Waals surface area contributed by atoms with E-state index in [4.69, 9.17) is 0 Å². The van der Waals surface area contributed by atoms with Gasteiger partial charge in [0.05, 0.1) is 0 Å². The number of hydrogen-bond acceptors (Lipinski definition) is 1. The topological polar surface area (TPSA) is 12.9 Å². The molecular formula is C16H17N. The lowest BCUT2D eigenvalue weighted by atomic mass is 9.98. The zero-order valence-corrected chi connectivity index (χ0v) is 10.9. The molecule has 1 aromatic heterocycles. The smallest absolute Gasteiger partial charge is 0.0405 e. The Kier molecular flexibility index (Phi) is 2.12. The first-order valence-corrected chi connectivity index (χ1v) is 6.13. The van der Waals surface area contributed by atoms with Crippen molar-refractivity contribution in [3.8, 4) is 11.1 Å². The monoisotopic (exact) mass is 223 g/mol. The Morgan fingerprint density at radius 2 is 1.82 bits per heavy atom. The van der Waals surface area contributed by atoms with Crippen LogP contribution >= 0.6 is 0 Å². The van der Waals surface area contributed by atoms with E-state index in [2.05, 4.69) is 44.8 Å². The highest BCUT2D eigenvalue weighted by atomic mass is 14.7. The highest BCUT2D eigenvalue weighted by Crippen LogP contribution is 2.40. The molecule has 1 aliphatic rings. The van der Waals surface area contributed by atoms with E-state index < -0.39 is 0 Å². The fourth-order valence-electron chi connectivity index (χ4n) is 2.97. The van der Waals surface area contributed by atoms with E-state index in [1.165, 1.54) is 38.9 Å². The zero-order valence-electron chi connectivity index (χ0n) is 10.9. The number of aryl methyl sites for hydroxylation is 3. The Hall–Kier alpha value is -1.63. The van der Waals surface area contributed by atoms with Crippen LogP contribution in [-0.2, 0) is 6.42 Å². The molecule has 17 heavy (non-hydrogen) atoms. The predicted octanol–water partition coefficient (Wildman–Crippen LogP) is 3.89. The summed E-state index contributed by atoms with van der Waals surface area (Å²) in [7, 11) is 0. The van der Waals surface area contributed by atoms with Gasteiger partial charge in [0.25, 0.3) is 0 Å². The van der Waals surface area contributed by atoms with Crippen molar-refractivity contribution < 1.29 is 0 Å². The summed E-state index contributed by atoms with van der Waals surface area (Å²) in [6.07, 6.45) is 3.12. The van der Waals surface area contributed by atoms with Crippen LogP contribution in [0.25, 0.3) is 11.1 Å². The largest absolute Gasteiger partial charge is 0.261 e. The van der Waals surface area contributed by atoms with Crippen molar-refractivity contribution in [1.82, 2.24) is 4.98 Å². The van der Waals surface area contributed by atoms with E-state index in [0.717, 1.165) is 12.1 Å². The van der Waals surface area contributed by atoms with Gasteiger partial charge in [-0.25, -0.2) is 0 Å². The number of aromatic nitrogens is 1. The highest BCUT2D eigenvalue weighted by molar-refractivity contribution is 5.80. The minimum absolute atomic E-state index is 1.07. The number of hydrogen-bond donors (Lipinski definition) is 0. The Morgan fingerprint density at radius 1 is 1.06 bits per heavy atom. The summed E-state index contributed by atoms with van der Waals surface area (Å²) >= 11 is 0. The second kappa shape index (κ2) is 3.43. The van der Waals surface area contributed by atoms with Gasteiger partial charge in [0.15, 0.2) is 0 Å². The molecule has 0 spiro atoms. The van der Waals surface area contributed by atoms with Gasteiger partial charge in [-0.05, 0) is 61.9 Å². The molecule has 3 rings (SSSR count). The molecular weight excluding hydrogens is 206 g/mol. The molecule has 1 heteroatoms. The van der Waals surface area contributed by atoms with Crippen molar-refractivity contribution >= 4 is 0 Å². The molecule has 86 valence electrons. The number of fused-ring (bicyclic) bond motifs is 3. The van der Waals surface area contributed by atoms with Gasteiger partial charge in [0.1, 0.15) is 0 Å². The maximum Gasteiger partial charge on any atom is 0.0405 e. The van der Waals surface area contributed by atoms with E-state index in [0.29, 0.717) is 0 Å². The molecule has 0 bridgehead atoms. The summed E-state index contributed by atoms with van der Waals surface area (Å²) in [6, 6.07) is 4.58. The second-order valence-corrected chi connectivity index (χ2v) is 5.15. The van der Waals surface area contributed by atoms with Gasteiger partial charge >= 0.3 is 0 Å². The van der Waals surface area contributed by atoms with Crippen LogP contribution in [-0.4, -0.2) is 4.98 Å². The fourth-order valence-corrected chi connectivity index (χ4v) is 2.97. The van der Waals surface area contributed by atoms with E-state index >= 15 is 0 Å². The molecule has 2 aromatic rings. The summed E-state index contributed by atoms with van der Waals surface area (Å²) in [6.45, 7) is 8.66. The SMILES string of the molecule is Cc1cc(C)c2c(c1)Cc1c-2cnc(C)c1C. The van der Waals surface area contributed by atoms with Crippen LogP contribution in [0, 0.1) is 27.7 Å². The molecule has 0 atom stereocenters. The number of pyridine rings is 1. The average Bonchev–Trinajstić information content (AvgIpc) is 2.62. The van der Waals surface area contributed by atoms with E-state index in [-0.39, 0.29) is 0 Å². The predicted molar refractivity (Wildman–Crippen MR) is 71.4 cm³/mol. The molecule has 0 unspecified atom stereocenters. The Balaban J connectivity index is 2.33. The normalized spacial score (nSPS) is 12.5. The van der Waals surface area contributed by atoms with Crippen LogP contribution in [0.15, 0.2) is 18.3 Å². The molecule has 1 aromatic carbocycles. The summed E-state index contributed by atoms with van der Waals surface area (Å²) in [4.78, 5) is 4.51. The average molecular weight is 223 g/mol. The Bertz CT molecular complexity index is 624. The van der Waals surface area contributed by atoms with Crippen molar-refractivity contribution in [3.63, 3.8) is 0 Å². The molecule has 0 fully saturated rings. The standard InChI is InChI=1S/C16H17N/c1-9-5-10(2)16-13(6-9)7-14-11(3)12(4)17-8-15(14)16/h5-6,8H,7H2,1-4H3. The first-order valence-electron chi connectivity index (χ1n) is 6.13. The van der Waals surface area contributed by atoms with Gasteiger partial charge in [0.2, 0.25) is 0 Å². The molecule has 1 heterocycles. The van der Waals surface area contributed by atoms with Gasteiger partial charge < -0.3 is 0 Å². The molecule has 0 amide bonds. The van der Waals surface area contributed by atoms with Gasteiger partial charge in [0, 0.05) is 17.5 Å². The van der Waals surface area contributed by atoms with Crippen LogP contribution in [0.3, 0.4) is 0 Å². The molecule has 0 saturated heterocycles. The molecule has 0 N–H and O–H groups in total. The maximum absolute atomic E-state index is 4.51. The van der Waals surface area contributed by atoms with Crippen molar-refractivity contribution in [2.75, 3.05) is 0 Å². The maximum atomic E-state index is 4.51. The van der Waals surface area contributed by atoms with Crippen LogP contribution in [0.2, 0.25) is 0 Å². The van der Waals surface area contributed by atoms with E-state index in [1.54, 1.807) is 0 Å². The summed E-state index contributed by atoms with van der Waals surface area (Å²) in [5, 5.41) is 0. The lowest BCUT2D eigenvalue weighted by Crippen LogP contribution is -1.93. The van der Waals surface area contributed by atoms with E-state index in [1.807, 2.05) is 6.20 Å². The number of nitrogens with zero attached hydrogens (tertiary/aromatic N) is 1. The Morgan fingerprint density at radius 3 is 2.59 bits per heavy atom. The van der Waals surface area contributed by atoms with Crippen LogP contribution in [0.1, 0.15) is 33.5 Å². The molecule has 0 radical (unpaired) electrons. The summed E-state index contributed by atoms with van der Waals surface area (Å²) in [5.41, 5.74) is 11.0.